The van der Waals surface area contributed by atoms with E-state index >= 15 is 0 Å². The van der Waals surface area contributed by atoms with Crippen LogP contribution in [0.5, 0.6) is 0 Å². The second-order valence-corrected chi connectivity index (χ2v) is 7.08. The summed E-state index contributed by atoms with van der Waals surface area (Å²) in [4.78, 5) is 4.22. The van der Waals surface area contributed by atoms with Crippen molar-refractivity contribution in [3.8, 4) is 0 Å². The number of halogens is 1. The summed E-state index contributed by atoms with van der Waals surface area (Å²) in [5.74, 6) is 0.0944. The van der Waals surface area contributed by atoms with Gasteiger partial charge in [-0.2, -0.15) is 4.31 Å². The van der Waals surface area contributed by atoms with Crippen molar-refractivity contribution in [3.05, 3.63) is 48.3 Å². The fourth-order valence-electron chi connectivity index (χ4n) is 2.65. The van der Waals surface area contributed by atoms with E-state index in [4.69, 9.17) is 0 Å². The maximum absolute atomic E-state index is 13.4. The summed E-state index contributed by atoms with van der Waals surface area (Å²) in [5, 5.41) is 3.18. The number of piperazine rings is 1. The molecule has 22 heavy (non-hydrogen) atoms. The van der Waals surface area contributed by atoms with Crippen LogP contribution in [0.2, 0.25) is 0 Å². The average molecular weight is 324 g/mol. The molecule has 1 aliphatic rings. The molecule has 3 rings (SSSR count). The van der Waals surface area contributed by atoms with Gasteiger partial charge in [-0.25, -0.2) is 17.8 Å². The van der Waals surface area contributed by atoms with Gasteiger partial charge in [-0.05, 0) is 18.2 Å². The van der Waals surface area contributed by atoms with Gasteiger partial charge in [-0.15, -0.1) is 0 Å². The molecule has 118 valence electrons. The molecule has 2 aromatic rings. The Kier molecular flexibility index (Phi) is 3.98. The third kappa shape index (κ3) is 2.65. The maximum atomic E-state index is 13.4. The minimum absolute atomic E-state index is 0.0337. The lowest BCUT2D eigenvalue weighted by Gasteiger charge is -2.34. The van der Waals surface area contributed by atoms with E-state index in [0.717, 1.165) is 6.07 Å². The van der Waals surface area contributed by atoms with Crippen LogP contribution in [0.15, 0.2) is 41.6 Å². The van der Waals surface area contributed by atoms with E-state index in [1.54, 1.807) is 17.0 Å². The maximum Gasteiger partial charge on any atom is 0.243 e. The average Bonchev–Trinajstić information content (AvgIpc) is 2.93. The first-order valence-electron chi connectivity index (χ1n) is 6.95. The molecule has 8 heteroatoms. The molecule has 0 amide bonds. The number of hydrogen-bond donors (Lipinski definition) is 1. The Morgan fingerprint density at radius 3 is 2.91 bits per heavy atom. The van der Waals surface area contributed by atoms with Crippen LogP contribution in [-0.4, -0.2) is 41.9 Å². The van der Waals surface area contributed by atoms with Gasteiger partial charge >= 0.3 is 0 Å². The molecule has 1 fully saturated rings. The molecule has 1 atom stereocenters. The smallest absolute Gasteiger partial charge is 0.243 e. The minimum Gasteiger partial charge on any atom is -0.337 e. The van der Waals surface area contributed by atoms with Crippen molar-refractivity contribution in [2.45, 2.75) is 10.9 Å². The zero-order valence-corrected chi connectivity index (χ0v) is 12.9. The van der Waals surface area contributed by atoms with Crippen molar-refractivity contribution in [2.75, 3.05) is 19.6 Å². The monoisotopic (exact) mass is 324 g/mol. The number of nitrogens with one attached hydrogen (secondary N) is 1. The fraction of sp³-hybridized carbons (Fsp3) is 0.357. The molecule has 1 N–H and O–H groups in total. The standard InChI is InChI=1S/C14H17FN4O2S/c1-18-7-6-17-14(18)13-10-16-5-8-19(13)22(20,21)12-4-2-3-11(15)9-12/h2-4,6-7,9,13,16H,5,8,10H2,1H3. The predicted octanol–water partition coefficient (Wildman–Crippen LogP) is 0.894. The van der Waals surface area contributed by atoms with Crippen LogP contribution in [0.25, 0.3) is 0 Å². The van der Waals surface area contributed by atoms with E-state index in [1.165, 1.54) is 22.5 Å². The molecule has 1 aromatic heterocycles. The number of sulfonamides is 1. The molecule has 0 spiro atoms. The van der Waals surface area contributed by atoms with E-state index in [2.05, 4.69) is 10.3 Å². The van der Waals surface area contributed by atoms with Gasteiger partial charge in [-0.1, -0.05) is 6.07 Å². The minimum atomic E-state index is -3.78. The van der Waals surface area contributed by atoms with Crippen molar-refractivity contribution in [2.24, 2.45) is 7.05 Å². The van der Waals surface area contributed by atoms with Gasteiger partial charge in [0.1, 0.15) is 11.6 Å². The van der Waals surface area contributed by atoms with Crippen molar-refractivity contribution in [3.63, 3.8) is 0 Å². The zero-order chi connectivity index (χ0) is 15.7. The molecule has 0 bridgehead atoms. The lowest BCUT2D eigenvalue weighted by molar-refractivity contribution is 0.258. The number of imidazole rings is 1. The van der Waals surface area contributed by atoms with Crippen LogP contribution in [-0.2, 0) is 17.1 Å². The van der Waals surface area contributed by atoms with Gasteiger partial charge < -0.3 is 9.88 Å². The molecular formula is C14H17FN4O2S. The topological polar surface area (TPSA) is 67.2 Å². The highest BCUT2D eigenvalue weighted by molar-refractivity contribution is 7.89. The predicted molar refractivity (Wildman–Crippen MR) is 79.1 cm³/mol. The Bertz CT molecular complexity index is 775. The van der Waals surface area contributed by atoms with Gasteiger partial charge in [-0.3, -0.25) is 0 Å². The SMILES string of the molecule is Cn1ccnc1C1CNCCN1S(=O)(=O)c1cccc(F)c1. The third-order valence-corrected chi connectivity index (χ3v) is 5.66. The lowest BCUT2D eigenvalue weighted by Crippen LogP contribution is -2.49. The fourth-order valence-corrected chi connectivity index (χ4v) is 4.27. The highest BCUT2D eigenvalue weighted by Crippen LogP contribution is 2.28. The second kappa shape index (κ2) is 5.79. The highest BCUT2D eigenvalue weighted by atomic mass is 32.2. The van der Waals surface area contributed by atoms with Crippen LogP contribution in [0.3, 0.4) is 0 Å². The van der Waals surface area contributed by atoms with E-state index in [-0.39, 0.29) is 4.90 Å². The summed E-state index contributed by atoms with van der Waals surface area (Å²) in [6.45, 7) is 1.34. The van der Waals surface area contributed by atoms with E-state index in [0.29, 0.717) is 25.5 Å². The number of aromatic nitrogens is 2. The molecule has 0 aliphatic carbocycles. The number of benzene rings is 1. The molecule has 0 saturated carbocycles. The molecule has 2 heterocycles. The quantitative estimate of drug-likeness (QED) is 0.911. The van der Waals surface area contributed by atoms with Gasteiger partial charge in [0, 0.05) is 39.1 Å². The summed E-state index contributed by atoms with van der Waals surface area (Å²) < 4.78 is 42.3. The second-order valence-electron chi connectivity index (χ2n) is 5.19. The Hall–Kier alpha value is -1.77. The Morgan fingerprint density at radius 1 is 1.41 bits per heavy atom. The summed E-state index contributed by atoms with van der Waals surface area (Å²) in [5.41, 5.74) is 0. The molecule has 0 radical (unpaired) electrons. The molecule has 1 saturated heterocycles. The van der Waals surface area contributed by atoms with Crippen molar-refractivity contribution >= 4 is 10.0 Å². The first-order chi connectivity index (χ1) is 10.5. The largest absolute Gasteiger partial charge is 0.337 e. The number of aryl methyl sites for hydroxylation is 1. The first-order valence-corrected chi connectivity index (χ1v) is 8.39. The Labute approximate surface area is 128 Å². The van der Waals surface area contributed by atoms with Crippen LogP contribution in [0.4, 0.5) is 4.39 Å². The van der Waals surface area contributed by atoms with E-state index < -0.39 is 21.9 Å². The normalized spacial score (nSPS) is 20.2. The van der Waals surface area contributed by atoms with Crippen LogP contribution >= 0.6 is 0 Å². The number of rotatable bonds is 3. The van der Waals surface area contributed by atoms with Crippen molar-refractivity contribution in [1.82, 2.24) is 19.2 Å². The summed E-state index contributed by atoms with van der Waals surface area (Å²) in [6, 6.07) is 4.68. The molecular weight excluding hydrogens is 307 g/mol. The van der Waals surface area contributed by atoms with Crippen molar-refractivity contribution in [1.29, 1.82) is 0 Å². The van der Waals surface area contributed by atoms with Gasteiger partial charge in [0.15, 0.2) is 0 Å². The van der Waals surface area contributed by atoms with Crippen molar-refractivity contribution < 1.29 is 12.8 Å². The summed E-state index contributed by atoms with van der Waals surface area (Å²) in [7, 11) is -1.95. The lowest BCUT2D eigenvalue weighted by atomic mass is 10.2. The molecule has 1 aliphatic heterocycles. The van der Waals surface area contributed by atoms with Crippen LogP contribution in [0, 0.1) is 5.82 Å². The van der Waals surface area contributed by atoms with E-state index in [1.807, 2.05) is 7.05 Å². The highest BCUT2D eigenvalue weighted by Gasteiger charge is 2.36. The number of hydrogen-bond acceptors (Lipinski definition) is 4. The van der Waals surface area contributed by atoms with Gasteiger partial charge in [0.25, 0.3) is 0 Å². The molecule has 1 aromatic carbocycles. The van der Waals surface area contributed by atoms with Crippen LogP contribution < -0.4 is 5.32 Å². The Morgan fingerprint density at radius 2 is 2.23 bits per heavy atom. The Balaban J connectivity index is 2.02. The summed E-state index contributed by atoms with van der Waals surface area (Å²) >= 11 is 0. The van der Waals surface area contributed by atoms with E-state index in [9.17, 15) is 12.8 Å². The molecule has 1 unspecified atom stereocenters. The van der Waals surface area contributed by atoms with Gasteiger partial charge in [0.05, 0.1) is 10.9 Å². The molecule has 6 nitrogen and oxygen atoms in total. The zero-order valence-electron chi connectivity index (χ0n) is 12.1. The third-order valence-electron chi connectivity index (χ3n) is 3.75. The van der Waals surface area contributed by atoms with Gasteiger partial charge in [0.2, 0.25) is 10.0 Å². The first kappa shape index (κ1) is 15.1. The number of nitrogens with zero attached hydrogens (tertiary/aromatic N) is 3. The summed E-state index contributed by atoms with van der Waals surface area (Å²) in [6.07, 6.45) is 3.41. The van der Waals surface area contributed by atoms with Crippen LogP contribution in [0.1, 0.15) is 11.9 Å².